The molecule has 2 N–H and O–H groups in total. The largest absolute Gasteiger partial charge is 0.343 e. The van der Waals surface area contributed by atoms with Crippen LogP contribution in [0.4, 0.5) is 0 Å². The Kier molecular flexibility index (Phi) is 5.04. The second-order valence-electron chi connectivity index (χ2n) is 6.26. The van der Waals surface area contributed by atoms with Gasteiger partial charge < -0.3 is 10.6 Å². The molecule has 0 saturated heterocycles. The Morgan fingerprint density at radius 2 is 1.72 bits per heavy atom. The molecule has 0 radical (unpaired) electrons. The van der Waals surface area contributed by atoms with Gasteiger partial charge in [-0.15, -0.1) is 0 Å². The van der Waals surface area contributed by atoms with Crippen LogP contribution in [0.25, 0.3) is 0 Å². The van der Waals surface area contributed by atoms with Gasteiger partial charge in [0.15, 0.2) is 0 Å². The number of nitrogens with two attached hydrogens (primary N) is 1. The van der Waals surface area contributed by atoms with Crippen molar-refractivity contribution >= 4 is 5.91 Å². The lowest BCUT2D eigenvalue weighted by Crippen LogP contribution is -2.41. The van der Waals surface area contributed by atoms with Crippen LogP contribution in [0.2, 0.25) is 0 Å². The molecule has 3 nitrogen and oxygen atoms in total. The predicted octanol–water partition coefficient (Wildman–Crippen LogP) is 2.69. The molecule has 2 aliphatic carbocycles. The molecular weight excluding hydrogens is 224 g/mol. The Labute approximate surface area is 111 Å². The summed E-state index contributed by atoms with van der Waals surface area (Å²) in [4.78, 5) is 14.2. The maximum absolute atomic E-state index is 12.2. The van der Waals surface area contributed by atoms with Crippen LogP contribution in [0.5, 0.6) is 0 Å². The van der Waals surface area contributed by atoms with E-state index in [0.717, 1.165) is 44.4 Å². The van der Waals surface area contributed by atoms with Crippen LogP contribution >= 0.6 is 0 Å². The molecule has 0 spiro atoms. The lowest BCUT2D eigenvalue weighted by atomic mass is 9.90. The summed E-state index contributed by atoms with van der Waals surface area (Å²) in [5.74, 6) is 1.17. The molecule has 0 aromatic heterocycles. The minimum atomic E-state index is 0.349. The van der Waals surface area contributed by atoms with E-state index in [1.807, 2.05) is 11.9 Å². The van der Waals surface area contributed by atoms with Crippen molar-refractivity contribution in [2.75, 3.05) is 7.05 Å². The van der Waals surface area contributed by atoms with Gasteiger partial charge in [-0.1, -0.05) is 25.7 Å². The second-order valence-corrected chi connectivity index (χ2v) is 6.26. The fourth-order valence-electron chi connectivity index (χ4n) is 3.50. The molecule has 2 saturated carbocycles. The van der Waals surface area contributed by atoms with Crippen molar-refractivity contribution in [2.45, 2.75) is 76.3 Å². The van der Waals surface area contributed by atoms with Crippen LogP contribution in [0.15, 0.2) is 0 Å². The van der Waals surface area contributed by atoms with Gasteiger partial charge in [0.1, 0.15) is 0 Å². The van der Waals surface area contributed by atoms with Gasteiger partial charge in [-0.25, -0.2) is 0 Å². The first-order valence-corrected chi connectivity index (χ1v) is 7.68. The minimum Gasteiger partial charge on any atom is -0.343 e. The van der Waals surface area contributed by atoms with E-state index in [2.05, 4.69) is 0 Å². The topological polar surface area (TPSA) is 46.3 Å². The first kappa shape index (κ1) is 13.9. The number of rotatable bonds is 4. The third-order valence-electron chi connectivity index (χ3n) is 4.92. The van der Waals surface area contributed by atoms with Crippen molar-refractivity contribution < 1.29 is 4.79 Å². The number of carbonyl (C=O) groups is 1. The Balaban J connectivity index is 1.70. The first-order valence-electron chi connectivity index (χ1n) is 7.68. The fraction of sp³-hybridized carbons (Fsp3) is 0.933. The van der Waals surface area contributed by atoms with E-state index in [4.69, 9.17) is 5.73 Å². The van der Waals surface area contributed by atoms with Gasteiger partial charge in [-0.05, 0) is 38.0 Å². The zero-order valence-electron chi connectivity index (χ0n) is 11.7. The van der Waals surface area contributed by atoms with E-state index < -0.39 is 0 Å². The first-order chi connectivity index (χ1) is 8.66. The van der Waals surface area contributed by atoms with Crippen molar-refractivity contribution in [3.8, 4) is 0 Å². The smallest absolute Gasteiger partial charge is 0.222 e. The lowest BCUT2D eigenvalue weighted by molar-refractivity contribution is -0.132. The molecule has 0 bridgehead atoms. The third kappa shape index (κ3) is 3.71. The minimum absolute atomic E-state index is 0.349. The summed E-state index contributed by atoms with van der Waals surface area (Å²) < 4.78 is 0. The molecule has 2 aliphatic rings. The van der Waals surface area contributed by atoms with Gasteiger partial charge in [-0.3, -0.25) is 4.79 Å². The number of amides is 1. The van der Waals surface area contributed by atoms with Crippen molar-refractivity contribution in [3.63, 3.8) is 0 Å². The highest BCUT2D eigenvalue weighted by molar-refractivity contribution is 5.76. The van der Waals surface area contributed by atoms with Crippen LogP contribution in [0, 0.1) is 5.92 Å². The molecule has 18 heavy (non-hydrogen) atoms. The Hall–Kier alpha value is -0.570. The lowest BCUT2D eigenvalue weighted by Gasteiger charge is -2.33. The van der Waals surface area contributed by atoms with Crippen LogP contribution < -0.4 is 5.73 Å². The van der Waals surface area contributed by atoms with Gasteiger partial charge >= 0.3 is 0 Å². The van der Waals surface area contributed by atoms with E-state index in [-0.39, 0.29) is 0 Å². The molecule has 0 aromatic rings. The summed E-state index contributed by atoms with van der Waals surface area (Å²) in [7, 11) is 1.98. The molecule has 0 unspecified atom stereocenters. The van der Waals surface area contributed by atoms with Crippen molar-refractivity contribution in [1.29, 1.82) is 0 Å². The van der Waals surface area contributed by atoms with Gasteiger partial charge in [0.2, 0.25) is 5.91 Å². The maximum atomic E-state index is 12.2. The average molecular weight is 252 g/mol. The molecular formula is C15H28N2O. The Morgan fingerprint density at radius 1 is 1.11 bits per heavy atom. The molecule has 2 fully saturated rings. The molecule has 104 valence electrons. The average Bonchev–Trinajstić information content (AvgIpc) is 2.89. The monoisotopic (exact) mass is 252 g/mol. The molecule has 0 aliphatic heterocycles. The van der Waals surface area contributed by atoms with E-state index in [1.54, 1.807) is 0 Å². The van der Waals surface area contributed by atoms with Crippen LogP contribution in [0.3, 0.4) is 0 Å². The van der Waals surface area contributed by atoms with Gasteiger partial charge in [0.05, 0.1) is 0 Å². The zero-order valence-corrected chi connectivity index (χ0v) is 11.7. The summed E-state index contributed by atoms with van der Waals surface area (Å²) in [5.41, 5.74) is 5.91. The summed E-state index contributed by atoms with van der Waals surface area (Å²) in [6, 6.07) is 0.809. The van der Waals surface area contributed by atoms with Crippen molar-refractivity contribution in [2.24, 2.45) is 11.7 Å². The summed E-state index contributed by atoms with van der Waals surface area (Å²) in [6.45, 7) is 0. The number of nitrogens with zero attached hydrogens (tertiary/aromatic N) is 1. The van der Waals surface area contributed by atoms with Gasteiger partial charge in [-0.2, -0.15) is 0 Å². The maximum Gasteiger partial charge on any atom is 0.222 e. The quantitative estimate of drug-likeness (QED) is 0.836. The van der Waals surface area contributed by atoms with Crippen molar-refractivity contribution in [1.82, 2.24) is 4.90 Å². The SMILES string of the molecule is CN(C(=O)CCC1CCCC1)C1CCC(N)CC1. The molecule has 1 amide bonds. The summed E-state index contributed by atoms with van der Waals surface area (Å²) in [5, 5.41) is 0. The number of hydrogen-bond acceptors (Lipinski definition) is 2. The van der Waals surface area contributed by atoms with E-state index in [1.165, 1.54) is 25.7 Å². The Bertz CT molecular complexity index is 266. The van der Waals surface area contributed by atoms with E-state index in [9.17, 15) is 4.79 Å². The highest BCUT2D eigenvalue weighted by atomic mass is 16.2. The molecule has 3 heteroatoms. The highest BCUT2D eigenvalue weighted by Crippen LogP contribution is 2.29. The van der Waals surface area contributed by atoms with E-state index in [0.29, 0.717) is 18.0 Å². The predicted molar refractivity (Wildman–Crippen MR) is 74.2 cm³/mol. The fourth-order valence-corrected chi connectivity index (χ4v) is 3.50. The normalized spacial score (nSPS) is 29.4. The molecule has 0 heterocycles. The second kappa shape index (κ2) is 6.55. The van der Waals surface area contributed by atoms with Crippen LogP contribution in [0.1, 0.15) is 64.2 Å². The molecule has 0 atom stereocenters. The molecule has 2 rings (SSSR count). The highest BCUT2D eigenvalue weighted by Gasteiger charge is 2.25. The molecule has 0 aromatic carbocycles. The third-order valence-corrected chi connectivity index (χ3v) is 4.92. The standard InChI is InChI=1S/C15H28N2O/c1-17(14-9-7-13(16)8-10-14)15(18)11-6-12-4-2-3-5-12/h12-14H,2-11,16H2,1H3. The van der Waals surface area contributed by atoms with Crippen LogP contribution in [-0.4, -0.2) is 29.9 Å². The number of carbonyl (C=O) groups excluding carboxylic acids is 1. The van der Waals surface area contributed by atoms with Gasteiger partial charge in [0.25, 0.3) is 0 Å². The number of hydrogen-bond donors (Lipinski definition) is 1. The van der Waals surface area contributed by atoms with E-state index >= 15 is 0 Å². The Morgan fingerprint density at radius 3 is 2.33 bits per heavy atom. The van der Waals surface area contributed by atoms with Gasteiger partial charge in [0, 0.05) is 25.6 Å². The summed E-state index contributed by atoms with van der Waals surface area (Å²) in [6.07, 6.45) is 11.6. The van der Waals surface area contributed by atoms with Crippen molar-refractivity contribution in [3.05, 3.63) is 0 Å². The summed E-state index contributed by atoms with van der Waals surface area (Å²) >= 11 is 0. The zero-order chi connectivity index (χ0) is 13.0. The van der Waals surface area contributed by atoms with Crippen LogP contribution in [-0.2, 0) is 4.79 Å².